The Labute approximate surface area is 154 Å². The number of nitrogens with zero attached hydrogens (tertiary/aromatic N) is 3. The fraction of sp³-hybridized carbons (Fsp3) is 0.158. The van der Waals surface area contributed by atoms with Gasteiger partial charge in [-0.05, 0) is 48.4 Å². The molecule has 1 N–H and O–H groups in total. The van der Waals surface area contributed by atoms with Crippen LogP contribution in [0.2, 0.25) is 0 Å². The van der Waals surface area contributed by atoms with E-state index in [0.29, 0.717) is 0 Å². The number of ether oxygens (including phenoxy) is 1. The van der Waals surface area contributed by atoms with Crippen LogP contribution in [-0.4, -0.2) is 21.9 Å². The van der Waals surface area contributed by atoms with E-state index < -0.39 is 0 Å². The molecular formula is C19H17BrN4O. The van der Waals surface area contributed by atoms with E-state index in [4.69, 9.17) is 4.74 Å². The number of methoxy groups -OCH3 is 1. The molecule has 6 heteroatoms. The second-order valence-corrected chi connectivity index (χ2v) is 6.77. The molecule has 0 aliphatic carbocycles. The summed E-state index contributed by atoms with van der Waals surface area (Å²) in [6.45, 7) is 1.90. The summed E-state index contributed by atoms with van der Waals surface area (Å²) in [5, 5.41) is 7.94. The summed E-state index contributed by atoms with van der Waals surface area (Å²) < 4.78 is 8.23. The van der Waals surface area contributed by atoms with Crippen molar-refractivity contribution in [1.29, 1.82) is 0 Å². The first-order valence-electron chi connectivity index (χ1n) is 7.96. The molecule has 25 heavy (non-hydrogen) atoms. The fourth-order valence-electron chi connectivity index (χ4n) is 2.94. The van der Waals surface area contributed by atoms with Crippen LogP contribution in [0.1, 0.15) is 23.0 Å². The molecule has 0 saturated heterocycles. The van der Waals surface area contributed by atoms with Crippen LogP contribution in [0.25, 0.3) is 5.70 Å². The highest BCUT2D eigenvalue weighted by atomic mass is 79.9. The van der Waals surface area contributed by atoms with Gasteiger partial charge in [0.15, 0.2) is 0 Å². The molecule has 0 saturated carbocycles. The minimum absolute atomic E-state index is 0.0259. The topological polar surface area (TPSA) is 52.0 Å². The molecule has 0 radical (unpaired) electrons. The zero-order valence-corrected chi connectivity index (χ0v) is 15.5. The maximum absolute atomic E-state index is 5.26. The van der Waals surface area contributed by atoms with E-state index in [9.17, 15) is 0 Å². The van der Waals surface area contributed by atoms with Crippen LogP contribution >= 0.6 is 15.9 Å². The first-order valence-corrected chi connectivity index (χ1v) is 8.75. The minimum Gasteiger partial charge on any atom is -0.497 e. The summed E-state index contributed by atoms with van der Waals surface area (Å²) in [7, 11) is 1.67. The van der Waals surface area contributed by atoms with Crippen molar-refractivity contribution in [2.45, 2.75) is 13.0 Å². The van der Waals surface area contributed by atoms with Crippen molar-refractivity contribution >= 4 is 27.6 Å². The Hall–Kier alpha value is -2.60. The molecular weight excluding hydrogens is 380 g/mol. The molecule has 2 heterocycles. The van der Waals surface area contributed by atoms with Crippen molar-refractivity contribution in [3.8, 4) is 5.75 Å². The average Bonchev–Trinajstić information content (AvgIpc) is 3.01. The molecule has 0 unspecified atom stereocenters. The molecule has 0 amide bonds. The lowest BCUT2D eigenvalue weighted by molar-refractivity contribution is 0.414. The molecule has 126 valence electrons. The van der Waals surface area contributed by atoms with Gasteiger partial charge in [-0.3, -0.25) is 0 Å². The third-order valence-corrected chi connectivity index (χ3v) is 4.71. The maximum atomic E-state index is 5.26. The first-order chi connectivity index (χ1) is 12.1. The van der Waals surface area contributed by atoms with Gasteiger partial charge in [-0.1, -0.05) is 40.2 Å². The summed E-state index contributed by atoms with van der Waals surface area (Å²) in [5.74, 6) is 2.33. The van der Waals surface area contributed by atoms with Gasteiger partial charge in [0.05, 0.1) is 7.11 Å². The lowest BCUT2D eigenvalue weighted by Gasteiger charge is -2.24. The van der Waals surface area contributed by atoms with Gasteiger partial charge in [-0.15, -0.1) is 0 Å². The fourth-order valence-corrected chi connectivity index (χ4v) is 3.20. The zero-order chi connectivity index (χ0) is 17.4. The molecule has 1 aliphatic rings. The van der Waals surface area contributed by atoms with Crippen molar-refractivity contribution in [2.24, 2.45) is 0 Å². The summed E-state index contributed by atoms with van der Waals surface area (Å²) in [4.78, 5) is 4.52. The van der Waals surface area contributed by atoms with Gasteiger partial charge in [-0.2, -0.15) is 10.1 Å². The number of aromatic nitrogens is 3. The first kappa shape index (κ1) is 15.9. The Morgan fingerprint density at radius 3 is 2.48 bits per heavy atom. The summed E-state index contributed by atoms with van der Waals surface area (Å²) in [6, 6.07) is 16.2. The second kappa shape index (κ2) is 6.37. The molecule has 0 fully saturated rings. The van der Waals surface area contributed by atoms with E-state index in [1.54, 1.807) is 7.11 Å². The minimum atomic E-state index is -0.0259. The highest BCUT2D eigenvalue weighted by Crippen LogP contribution is 2.33. The highest BCUT2D eigenvalue weighted by Gasteiger charge is 2.24. The number of anilines is 1. The number of hydrogen-bond donors (Lipinski definition) is 1. The standard InChI is InChI=1S/C19H17BrN4O/c1-12-21-19-22-17(13-3-7-15(20)8-4-13)11-18(24(19)23-12)14-5-9-16(25-2)10-6-14/h3-11,18H,1-2H3,(H,21,22,23)/t18-/m1/s1. The normalized spacial score (nSPS) is 16.0. The van der Waals surface area contributed by atoms with Crippen LogP contribution in [0.15, 0.2) is 59.1 Å². The third-order valence-electron chi connectivity index (χ3n) is 4.18. The Morgan fingerprint density at radius 2 is 1.80 bits per heavy atom. The average molecular weight is 397 g/mol. The summed E-state index contributed by atoms with van der Waals surface area (Å²) in [6.07, 6.45) is 2.17. The number of fused-ring (bicyclic) bond motifs is 1. The van der Waals surface area contributed by atoms with Gasteiger partial charge in [0, 0.05) is 10.2 Å². The molecule has 5 nitrogen and oxygen atoms in total. The van der Waals surface area contributed by atoms with E-state index >= 15 is 0 Å². The summed E-state index contributed by atoms with van der Waals surface area (Å²) in [5.41, 5.74) is 3.25. The van der Waals surface area contributed by atoms with E-state index in [1.165, 1.54) is 0 Å². The van der Waals surface area contributed by atoms with Gasteiger partial charge < -0.3 is 10.1 Å². The van der Waals surface area contributed by atoms with Crippen LogP contribution in [-0.2, 0) is 0 Å². The quantitative estimate of drug-likeness (QED) is 0.711. The van der Waals surface area contributed by atoms with Crippen LogP contribution < -0.4 is 10.1 Å². The predicted octanol–water partition coefficient (Wildman–Crippen LogP) is 4.41. The molecule has 1 atom stereocenters. The van der Waals surface area contributed by atoms with E-state index in [2.05, 4.69) is 61.7 Å². The van der Waals surface area contributed by atoms with Crippen molar-refractivity contribution in [3.63, 3.8) is 0 Å². The third kappa shape index (κ3) is 3.05. The van der Waals surface area contributed by atoms with Crippen molar-refractivity contribution in [1.82, 2.24) is 14.8 Å². The van der Waals surface area contributed by atoms with E-state index in [1.807, 2.05) is 35.9 Å². The number of hydrogen-bond acceptors (Lipinski definition) is 4. The SMILES string of the molecule is COc1ccc([C@H]2C=C(c3ccc(Br)cc3)Nc3nc(C)nn32)cc1. The zero-order valence-electron chi connectivity index (χ0n) is 13.9. The highest BCUT2D eigenvalue weighted by molar-refractivity contribution is 9.10. The van der Waals surface area contributed by atoms with E-state index in [-0.39, 0.29) is 6.04 Å². The number of benzene rings is 2. The Balaban J connectivity index is 1.79. The number of halogens is 1. The second-order valence-electron chi connectivity index (χ2n) is 5.86. The molecule has 1 aliphatic heterocycles. The smallest absolute Gasteiger partial charge is 0.226 e. The van der Waals surface area contributed by atoms with Gasteiger partial charge in [0.1, 0.15) is 17.6 Å². The van der Waals surface area contributed by atoms with Crippen LogP contribution in [0, 0.1) is 6.92 Å². The Kier molecular flexibility index (Phi) is 4.05. The summed E-state index contributed by atoms with van der Waals surface area (Å²) >= 11 is 3.48. The number of nitrogens with one attached hydrogen (secondary N) is 1. The van der Waals surface area contributed by atoms with Crippen molar-refractivity contribution < 1.29 is 4.74 Å². The monoisotopic (exact) mass is 396 g/mol. The van der Waals surface area contributed by atoms with Crippen LogP contribution in [0.3, 0.4) is 0 Å². The number of allylic oxidation sites excluding steroid dienone is 1. The van der Waals surface area contributed by atoms with Crippen molar-refractivity contribution in [2.75, 3.05) is 12.4 Å². The predicted molar refractivity (Wildman–Crippen MR) is 102 cm³/mol. The molecule has 0 bridgehead atoms. The molecule has 0 spiro atoms. The Bertz CT molecular complexity index is 929. The van der Waals surface area contributed by atoms with Gasteiger partial charge >= 0.3 is 0 Å². The number of aryl methyl sites for hydroxylation is 1. The van der Waals surface area contributed by atoms with Crippen molar-refractivity contribution in [3.05, 3.63) is 76.0 Å². The van der Waals surface area contributed by atoms with Gasteiger partial charge in [-0.25, -0.2) is 4.68 Å². The van der Waals surface area contributed by atoms with Gasteiger partial charge in [0.2, 0.25) is 5.95 Å². The van der Waals surface area contributed by atoms with E-state index in [0.717, 1.165) is 38.8 Å². The lowest BCUT2D eigenvalue weighted by Crippen LogP contribution is -2.20. The van der Waals surface area contributed by atoms with Crippen LogP contribution in [0.4, 0.5) is 5.95 Å². The molecule has 1 aromatic heterocycles. The van der Waals surface area contributed by atoms with Crippen LogP contribution in [0.5, 0.6) is 5.75 Å². The van der Waals surface area contributed by atoms with Gasteiger partial charge in [0.25, 0.3) is 0 Å². The largest absolute Gasteiger partial charge is 0.497 e. The molecule has 2 aromatic carbocycles. The molecule has 3 aromatic rings. The maximum Gasteiger partial charge on any atom is 0.226 e. The number of rotatable bonds is 3. The molecule has 4 rings (SSSR count). The Morgan fingerprint density at radius 1 is 1.08 bits per heavy atom. The lowest BCUT2D eigenvalue weighted by atomic mass is 10.0.